The molecule has 0 radical (unpaired) electrons. The maximum absolute atomic E-state index is 13.1. The molecule has 0 saturated carbocycles. The van der Waals surface area contributed by atoms with Crippen molar-refractivity contribution in [1.29, 1.82) is 0 Å². The van der Waals surface area contributed by atoms with Crippen molar-refractivity contribution in [2.45, 2.75) is 46.2 Å². The number of nitrogens with zero attached hydrogens (tertiary/aromatic N) is 5. The van der Waals surface area contributed by atoms with Gasteiger partial charge < -0.3 is 5.11 Å². The molecular weight excluding hydrogens is 420 g/mol. The highest BCUT2D eigenvalue weighted by Gasteiger charge is 2.25. The molecule has 0 saturated heterocycles. The van der Waals surface area contributed by atoms with E-state index in [-0.39, 0.29) is 17.4 Å². The Bertz CT molecular complexity index is 1320. The smallest absolute Gasteiger partial charge is 0.354 e. The lowest BCUT2D eigenvalue weighted by Crippen LogP contribution is -2.27. The second-order valence-corrected chi connectivity index (χ2v) is 8.18. The van der Waals surface area contributed by atoms with Crippen LogP contribution in [0.25, 0.3) is 22.5 Å². The quantitative estimate of drug-likeness (QED) is 0.425. The van der Waals surface area contributed by atoms with Crippen LogP contribution in [0, 0.1) is 0 Å². The van der Waals surface area contributed by atoms with Crippen molar-refractivity contribution in [1.82, 2.24) is 29.8 Å². The summed E-state index contributed by atoms with van der Waals surface area (Å²) in [7, 11) is 0. The molecule has 0 atom stereocenters. The predicted molar refractivity (Wildman–Crippen MR) is 124 cm³/mol. The predicted octanol–water partition coefficient (Wildman–Crippen LogP) is 3.78. The van der Waals surface area contributed by atoms with Gasteiger partial charge in [0.15, 0.2) is 11.5 Å². The number of imidazole rings is 1. The third kappa shape index (κ3) is 4.21. The van der Waals surface area contributed by atoms with Crippen LogP contribution < -0.4 is 5.69 Å². The van der Waals surface area contributed by atoms with Crippen LogP contribution in [0.4, 0.5) is 0 Å². The highest BCUT2D eigenvalue weighted by Crippen LogP contribution is 2.30. The van der Waals surface area contributed by atoms with Crippen LogP contribution in [0.5, 0.6) is 0 Å². The van der Waals surface area contributed by atoms with E-state index in [1.807, 2.05) is 69.3 Å². The van der Waals surface area contributed by atoms with Gasteiger partial charge in [-0.2, -0.15) is 0 Å². The Morgan fingerprint density at radius 2 is 1.79 bits per heavy atom. The van der Waals surface area contributed by atoms with Crippen LogP contribution >= 0.6 is 0 Å². The van der Waals surface area contributed by atoms with E-state index in [0.717, 1.165) is 28.7 Å². The Morgan fingerprint density at radius 1 is 1.09 bits per heavy atom. The number of tetrazole rings is 1. The molecule has 33 heavy (non-hydrogen) atoms. The van der Waals surface area contributed by atoms with E-state index in [0.29, 0.717) is 24.5 Å². The van der Waals surface area contributed by atoms with E-state index in [1.54, 1.807) is 4.57 Å². The number of aromatic amines is 1. The van der Waals surface area contributed by atoms with Gasteiger partial charge in [-0.3, -0.25) is 9.13 Å². The first kappa shape index (κ1) is 22.2. The first-order valence-electron chi connectivity index (χ1n) is 10.9. The number of hydrogen-bond acceptors (Lipinski definition) is 5. The summed E-state index contributed by atoms with van der Waals surface area (Å²) in [5, 5.41) is 23.9. The minimum Gasteiger partial charge on any atom is -0.477 e. The lowest BCUT2D eigenvalue weighted by atomic mass is 9.98. The summed E-state index contributed by atoms with van der Waals surface area (Å²) < 4.78 is 2.97. The lowest BCUT2D eigenvalue weighted by Gasteiger charge is -2.10. The van der Waals surface area contributed by atoms with Crippen LogP contribution in [-0.2, 0) is 13.0 Å². The fourth-order valence-corrected chi connectivity index (χ4v) is 4.15. The molecule has 0 amide bonds. The molecule has 0 unspecified atom stereocenters. The van der Waals surface area contributed by atoms with Gasteiger partial charge in [0, 0.05) is 11.6 Å². The van der Waals surface area contributed by atoms with Gasteiger partial charge in [0.1, 0.15) is 0 Å². The first-order chi connectivity index (χ1) is 15.9. The largest absolute Gasteiger partial charge is 0.477 e. The number of rotatable bonds is 8. The van der Waals surface area contributed by atoms with Crippen LogP contribution in [0.2, 0.25) is 0 Å². The zero-order valence-electron chi connectivity index (χ0n) is 18.8. The molecule has 0 fully saturated rings. The number of benzene rings is 2. The van der Waals surface area contributed by atoms with E-state index in [1.165, 1.54) is 4.57 Å². The molecule has 2 aromatic heterocycles. The van der Waals surface area contributed by atoms with Gasteiger partial charge in [-0.15, -0.1) is 5.10 Å². The summed E-state index contributed by atoms with van der Waals surface area (Å²) in [5.41, 5.74) is 4.12. The Morgan fingerprint density at radius 3 is 2.36 bits per heavy atom. The van der Waals surface area contributed by atoms with Crippen molar-refractivity contribution in [2.24, 2.45) is 0 Å². The van der Waals surface area contributed by atoms with Crippen molar-refractivity contribution < 1.29 is 9.90 Å². The van der Waals surface area contributed by atoms with Crippen molar-refractivity contribution >= 4 is 5.97 Å². The number of carboxylic acids is 1. The Labute approximate surface area is 190 Å². The standard InChI is InChI=1S/C24H26N6O3/c1-4-7-20-21(23(31)32)30(15(2)3)24(33)29(20)14-16-10-12-17(13-11-16)18-8-5-6-9-19(18)22-25-27-28-26-22/h5-6,8-13,15H,4,7,14H2,1-3H3,(H,31,32)(H,25,26,27,28). The number of aromatic nitrogens is 6. The monoisotopic (exact) mass is 446 g/mol. The molecule has 4 rings (SSSR count). The minimum atomic E-state index is -1.07. The summed E-state index contributed by atoms with van der Waals surface area (Å²) in [4.78, 5) is 25.1. The molecule has 170 valence electrons. The second-order valence-electron chi connectivity index (χ2n) is 8.18. The number of carboxylic acid groups (broad SMARTS) is 1. The van der Waals surface area contributed by atoms with Crippen LogP contribution in [0.3, 0.4) is 0 Å². The molecule has 0 aliphatic heterocycles. The maximum atomic E-state index is 13.1. The van der Waals surface area contributed by atoms with Crippen molar-refractivity contribution in [3.8, 4) is 22.5 Å². The zero-order valence-corrected chi connectivity index (χ0v) is 18.8. The highest BCUT2D eigenvalue weighted by molar-refractivity contribution is 5.87. The van der Waals surface area contributed by atoms with Crippen molar-refractivity contribution in [3.05, 3.63) is 76.0 Å². The molecular formula is C24H26N6O3. The highest BCUT2D eigenvalue weighted by atomic mass is 16.4. The van der Waals surface area contributed by atoms with Gasteiger partial charge >= 0.3 is 11.7 Å². The van der Waals surface area contributed by atoms with Gasteiger partial charge in [0.05, 0.1) is 12.2 Å². The van der Waals surface area contributed by atoms with E-state index in [2.05, 4.69) is 20.6 Å². The third-order valence-electron chi connectivity index (χ3n) is 5.62. The third-order valence-corrected chi connectivity index (χ3v) is 5.62. The maximum Gasteiger partial charge on any atom is 0.354 e. The molecule has 0 spiro atoms. The van der Waals surface area contributed by atoms with Gasteiger partial charge in [-0.1, -0.05) is 61.9 Å². The lowest BCUT2D eigenvalue weighted by molar-refractivity contribution is 0.0681. The Kier molecular flexibility index (Phi) is 6.21. The minimum absolute atomic E-state index is 0.0862. The van der Waals surface area contributed by atoms with Gasteiger partial charge in [-0.25, -0.2) is 14.7 Å². The molecule has 0 aliphatic rings. The van der Waals surface area contributed by atoms with Crippen LogP contribution in [0.1, 0.15) is 55.0 Å². The molecule has 9 nitrogen and oxygen atoms in total. The fraction of sp³-hybridized carbons (Fsp3) is 0.292. The summed E-state index contributed by atoms with van der Waals surface area (Å²) in [6, 6.07) is 15.5. The van der Waals surface area contributed by atoms with Crippen LogP contribution in [0.15, 0.2) is 53.3 Å². The molecule has 0 aliphatic carbocycles. The summed E-state index contributed by atoms with van der Waals surface area (Å²) in [5.74, 6) is -0.487. The Hall–Kier alpha value is -4.01. The molecule has 2 N–H and O–H groups in total. The molecule has 0 bridgehead atoms. The second kappa shape index (κ2) is 9.23. The van der Waals surface area contributed by atoms with Gasteiger partial charge in [-0.05, 0) is 47.4 Å². The molecule has 2 heterocycles. The van der Waals surface area contributed by atoms with E-state index < -0.39 is 5.97 Å². The number of aromatic carboxylic acids is 1. The Balaban J connectivity index is 1.71. The molecule has 2 aromatic carbocycles. The molecule has 9 heteroatoms. The van der Waals surface area contributed by atoms with Crippen molar-refractivity contribution in [3.63, 3.8) is 0 Å². The number of H-pyrrole nitrogens is 1. The van der Waals surface area contributed by atoms with E-state index >= 15 is 0 Å². The zero-order chi connectivity index (χ0) is 23.5. The fourth-order valence-electron chi connectivity index (χ4n) is 4.15. The van der Waals surface area contributed by atoms with Crippen LogP contribution in [-0.4, -0.2) is 40.8 Å². The summed E-state index contributed by atoms with van der Waals surface area (Å²) >= 11 is 0. The van der Waals surface area contributed by atoms with Gasteiger partial charge in [0.25, 0.3) is 0 Å². The van der Waals surface area contributed by atoms with Crippen molar-refractivity contribution in [2.75, 3.05) is 0 Å². The SMILES string of the molecule is CCCc1c(C(=O)O)n(C(C)C)c(=O)n1Cc1ccc(-c2ccccc2-c2nnn[nH]2)cc1. The van der Waals surface area contributed by atoms with Gasteiger partial charge in [0.2, 0.25) is 0 Å². The number of nitrogens with one attached hydrogen (secondary N) is 1. The number of carbonyl (C=O) groups is 1. The average Bonchev–Trinajstić information content (AvgIpc) is 3.43. The normalized spacial score (nSPS) is 11.3. The molecule has 4 aromatic rings. The number of hydrogen-bond donors (Lipinski definition) is 2. The average molecular weight is 447 g/mol. The van der Waals surface area contributed by atoms with E-state index in [9.17, 15) is 14.7 Å². The van der Waals surface area contributed by atoms with E-state index in [4.69, 9.17) is 0 Å². The summed E-state index contributed by atoms with van der Waals surface area (Å²) in [6.07, 6.45) is 1.27. The first-order valence-corrected chi connectivity index (χ1v) is 10.9. The summed E-state index contributed by atoms with van der Waals surface area (Å²) in [6.45, 7) is 5.93. The topological polar surface area (TPSA) is 119 Å².